The first kappa shape index (κ1) is 10.2. The Kier molecular flexibility index (Phi) is 2.59. The highest BCUT2D eigenvalue weighted by Crippen LogP contribution is 2.14. The number of benzene rings is 1. The van der Waals surface area contributed by atoms with E-state index < -0.39 is 0 Å². The fourth-order valence-electron chi connectivity index (χ4n) is 1.41. The molecule has 2 aromatic rings. The highest BCUT2D eigenvalue weighted by molar-refractivity contribution is 5.89. The van der Waals surface area contributed by atoms with Gasteiger partial charge in [-0.25, -0.2) is 9.48 Å². The van der Waals surface area contributed by atoms with Crippen LogP contribution in [0, 0.1) is 0 Å². The molecular weight excluding hydrogens is 206 g/mol. The van der Waals surface area contributed by atoms with Crippen LogP contribution < -0.4 is 5.73 Å². The number of carbonyl (C=O) groups excluding carboxylic acids is 1. The zero-order valence-electron chi connectivity index (χ0n) is 8.75. The number of nitrogens with two attached hydrogens (primary N) is 1. The summed E-state index contributed by atoms with van der Waals surface area (Å²) in [6.07, 6.45) is 1.60. The molecule has 0 fully saturated rings. The molecule has 1 aromatic carbocycles. The number of hydrogen-bond donors (Lipinski definition) is 1. The summed E-state index contributed by atoms with van der Waals surface area (Å²) in [6, 6.07) is 8.60. The van der Waals surface area contributed by atoms with Crippen molar-refractivity contribution in [2.75, 3.05) is 12.8 Å². The van der Waals surface area contributed by atoms with Crippen LogP contribution in [0.5, 0.6) is 0 Å². The van der Waals surface area contributed by atoms with Gasteiger partial charge in [-0.05, 0) is 18.2 Å². The lowest BCUT2D eigenvalue weighted by atomic mass is 10.2. The molecule has 0 spiro atoms. The molecule has 2 N–H and O–H groups in total. The SMILES string of the molecule is COC(=O)c1cccc(-n2nccc2N)c1. The summed E-state index contributed by atoms with van der Waals surface area (Å²) >= 11 is 0. The molecule has 0 saturated carbocycles. The first-order valence-corrected chi connectivity index (χ1v) is 4.70. The molecule has 16 heavy (non-hydrogen) atoms. The van der Waals surface area contributed by atoms with E-state index in [0.717, 1.165) is 5.69 Å². The van der Waals surface area contributed by atoms with Gasteiger partial charge in [-0.15, -0.1) is 0 Å². The first-order valence-electron chi connectivity index (χ1n) is 4.70. The van der Waals surface area contributed by atoms with Crippen LogP contribution in [0.4, 0.5) is 5.82 Å². The number of esters is 1. The van der Waals surface area contributed by atoms with Crippen LogP contribution in [0.1, 0.15) is 10.4 Å². The highest BCUT2D eigenvalue weighted by Gasteiger charge is 2.07. The van der Waals surface area contributed by atoms with Crippen LogP contribution in [0.25, 0.3) is 5.69 Å². The molecule has 82 valence electrons. The van der Waals surface area contributed by atoms with Crippen LogP contribution >= 0.6 is 0 Å². The largest absolute Gasteiger partial charge is 0.465 e. The van der Waals surface area contributed by atoms with Crippen LogP contribution in [0.2, 0.25) is 0 Å². The second-order valence-electron chi connectivity index (χ2n) is 3.21. The minimum atomic E-state index is -0.382. The monoisotopic (exact) mass is 217 g/mol. The molecule has 0 bridgehead atoms. The topological polar surface area (TPSA) is 70.1 Å². The van der Waals surface area contributed by atoms with Crippen LogP contribution in [0.15, 0.2) is 36.5 Å². The van der Waals surface area contributed by atoms with E-state index >= 15 is 0 Å². The lowest BCUT2D eigenvalue weighted by Gasteiger charge is -2.05. The van der Waals surface area contributed by atoms with E-state index in [1.165, 1.54) is 7.11 Å². The van der Waals surface area contributed by atoms with Gasteiger partial charge < -0.3 is 10.5 Å². The maximum atomic E-state index is 11.3. The third kappa shape index (κ3) is 1.75. The zero-order chi connectivity index (χ0) is 11.5. The van der Waals surface area contributed by atoms with Gasteiger partial charge >= 0.3 is 5.97 Å². The van der Waals surface area contributed by atoms with Crippen molar-refractivity contribution in [3.63, 3.8) is 0 Å². The van der Waals surface area contributed by atoms with Crippen molar-refractivity contribution in [2.24, 2.45) is 0 Å². The average Bonchev–Trinajstić information content (AvgIpc) is 2.74. The minimum Gasteiger partial charge on any atom is -0.465 e. The van der Waals surface area contributed by atoms with Crippen molar-refractivity contribution < 1.29 is 9.53 Å². The summed E-state index contributed by atoms with van der Waals surface area (Å²) in [6.45, 7) is 0. The van der Waals surface area contributed by atoms with Gasteiger partial charge in [0, 0.05) is 6.07 Å². The van der Waals surface area contributed by atoms with Crippen molar-refractivity contribution in [2.45, 2.75) is 0 Å². The summed E-state index contributed by atoms with van der Waals surface area (Å²) in [5.41, 5.74) is 6.91. The van der Waals surface area contributed by atoms with Crippen LogP contribution in [0.3, 0.4) is 0 Å². The smallest absolute Gasteiger partial charge is 0.337 e. The molecule has 0 amide bonds. The van der Waals surface area contributed by atoms with E-state index in [4.69, 9.17) is 5.73 Å². The number of nitrogen functional groups attached to an aromatic ring is 1. The standard InChI is InChI=1S/C11H11N3O2/c1-16-11(15)8-3-2-4-9(7-8)14-10(12)5-6-13-14/h2-7H,12H2,1H3. The molecule has 1 aromatic heterocycles. The Bertz CT molecular complexity index is 519. The van der Waals surface area contributed by atoms with Crippen molar-refractivity contribution >= 4 is 11.8 Å². The molecule has 5 nitrogen and oxygen atoms in total. The van der Waals surface area contributed by atoms with Gasteiger partial charge in [-0.1, -0.05) is 6.07 Å². The molecular formula is C11H11N3O2. The maximum absolute atomic E-state index is 11.3. The first-order chi connectivity index (χ1) is 7.72. The van der Waals surface area contributed by atoms with Crippen molar-refractivity contribution in [3.8, 4) is 5.69 Å². The van der Waals surface area contributed by atoms with Crippen LogP contribution in [-0.2, 0) is 4.74 Å². The van der Waals surface area contributed by atoms with Gasteiger partial charge in [0.1, 0.15) is 5.82 Å². The Hall–Kier alpha value is -2.30. The number of carbonyl (C=O) groups is 1. The summed E-state index contributed by atoms with van der Waals surface area (Å²) in [4.78, 5) is 11.3. The van der Waals surface area contributed by atoms with E-state index in [9.17, 15) is 4.79 Å². The van der Waals surface area contributed by atoms with E-state index in [1.807, 2.05) is 6.07 Å². The third-order valence-electron chi connectivity index (χ3n) is 2.18. The van der Waals surface area contributed by atoms with Crippen molar-refractivity contribution in [1.29, 1.82) is 0 Å². The number of nitrogens with zero attached hydrogens (tertiary/aromatic N) is 2. The van der Waals surface area contributed by atoms with E-state index in [1.54, 1.807) is 35.1 Å². The van der Waals surface area contributed by atoms with Gasteiger partial charge in [-0.3, -0.25) is 0 Å². The van der Waals surface area contributed by atoms with Crippen molar-refractivity contribution in [3.05, 3.63) is 42.1 Å². The molecule has 5 heteroatoms. The van der Waals surface area contributed by atoms with E-state index in [-0.39, 0.29) is 5.97 Å². The number of anilines is 1. The van der Waals surface area contributed by atoms with Gasteiger partial charge in [0.05, 0.1) is 24.6 Å². The van der Waals surface area contributed by atoms with Gasteiger partial charge in [-0.2, -0.15) is 5.10 Å². The lowest BCUT2D eigenvalue weighted by Crippen LogP contribution is -2.05. The Balaban J connectivity index is 2.44. The Morgan fingerprint density at radius 2 is 2.25 bits per heavy atom. The maximum Gasteiger partial charge on any atom is 0.337 e. The zero-order valence-corrected chi connectivity index (χ0v) is 8.75. The molecule has 0 unspecified atom stereocenters. The Morgan fingerprint density at radius 1 is 1.44 bits per heavy atom. The molecule has 0 aliphatic rings. The normalized spacial score (nSPS) is 10.1. The van der Waals surface area contributed by atoms with Crippen LogP contribution in [-0.4, -0.2) is 22.9 Å². The predicted molar refractivity (Wildman–Crippen MR) is 59.3 cm³/mol. The van der Waals surface area contributed by atoms with Gasteiger partial charge in [0.15, 0.2) is 0 Å². The average molecular weight is 217 g/mol. The lowest BCUT2D eigenvalue weighted by molar-refractivity contribution is 0.0600. The number of aromatic nitrogens is 2. The van der Waals surface area contributed by atoms with Gasteiger partial charge in [0.2, 0.25) is 0 Å². The molecule has 2 rings (SSSR count). The Labute approximate surface area is 92.4 Å². The fraction of sp³-hybridized carbons (Fsp3) is 0.0909. The molecule has 1 heterocycles. The second kappa shape index (κ2) is 4.06. The molecule has 0 aliphatic heterocycles. The summed E-state index contributed by atoms with van der Waals surface area (Å²) in [7, 11) is 1.34. The van der Waals surface area contributed by atoms with Gasteiger partial charge in [0.25, 0.3) is 0 Å². The highest BCUT2D eigenvalue weighted by atomic mass is 16.5. The predicted octanol–water partition coefficient (Wildman–Crippen LogP) is 1.24. The third-order valence-corrected chi connectivity index (χ3v) is 2.18. The fourth-order valence-corrected chi connectivity index (χ4v) is 1.41. The number of rotatable bonds is 2. The van der Waals surface area contributed by atoms with E-state index in [2.05, 4.69) is 9.84 Å². The van der Waals surface area contributed by atoms with Crippen molar-refractivity contribution in [1.82, 2.24) is 9.78 Å². The summed E-state index contributed by atoms with van der Waals surface area (Å²) in [5.74, 6) is 0.134. The number of hydrogen-bond acceptors (Lipinski definition) is 4. The minimum absolute atomic E-state index is 0.382. The second-order valence-corrected chi connectivity index (χ2v) is 3.21. The Morgan fingerprint density at radius 3 is 2.88 bits per heavy atom. The molecule has 0 atom stereocenters. The quantitative estimate of drug-likeness (QED) is 0.768. The van der Waals surface area contributed by atoms with E-state index in [0.29, 0.717) is 11.4 Å². The molecule has 0 aliphatic carbocycles. The summed E-state index contributed by atoms with van der Waals surface area (Å²) in [5, 5.41) is 4.05. The molecule has 0 radical (unpaired) electrons. The molecule has 0 saturated heterocycles. The summed E-state index contributed by atoms with van der Waals surface area (Å²) < 4.78 is 6.19. The number of methoxy groups -OCH3 is 1. The number of ether oxygens (including phenoxy) is 1.